The van der Waals surface area contributed by atoms with Crippen LogP contribution in [-0.4, -0.2) is 23.8 Å². The minimum absolute atomic E-state index is 0.190. The van der Waals surface area contributed by atoms with E-state index in [2.05, 4.69) is 12.2 Å². The Labute approximate surface area is 194 Å². The Morgan fingerprint density at radius 3 is 2.09 bits per heavy atom. The van der Waals surface area contributed by atoms with Gasteiger partial charge < -0.3 is 10.1 Å². The van der Waals surface area contributed by atoms with Gasteiger partial charge in [0.15, 0.2) is 0 Å². The third-order valence-corrected chi connectivity index (χ3v) is 6.09. The largest absolute Gasteiger partial charge is 0.497 e. The molecule has 0 saturated heterocycles. The molecular weight excluding hydrogens is 412 g/mol. The van der Waals surface area contributed by atoms with Gasteiger partial charge in [-0.3, -0.25) is 14.5 Å². The Balaban J connectivity index is 1.71. The lowest BCUT2D eigenvalue weighted by molar-refractivity contribution is -0.137. The zero-order valence-corrected chi connectivity index (χ0v) is 19.4. The van der Waals surface area contributed by atoms with Gasteiger partial charge in [-0.2, -0.15) is 0 Å². The molecule has 1 N–H and O–H groups in total. The van der Waals surface area contributed by atoms with Crippen molar-refractivity contribution in [1.29, 1.82) is 0 Å². The number of anilines is 1. The van der Waals surface area contributed by atoms with E-state index in [0.717, 1.165) is 40.1 Å². The number of hydrogen-bond acceptors (Lipinski definition) is 4. The molecule has 0 spiro atoms. The zero-order chi connectivity index (χ0) is 23.5. The molecule has 0 aromatic heterocycles. The summed E-state index contributed by atoms with van der Waals surface area (Å²) in [6.45, 7) is 6.32. The highest BCUT2D eigenvalue weighted by Crippen LogP contribution is 2.32. The third kappa shape index (κ3) is 4.53. The number of carbonyl (C=O) groups is 2. The molecule has 0 bridgehead atoms. The Morgan fingerprint density at radius 2 is 1.48 bits per heavy atom. The molecule has 0 fully saturated rings. The molecule has 0 aliphatic carbocycles. The molecular formula is C28H28N2O3. The Kier molecular flexibility index (Phi) is 6.31. The van der Waals surface area contributed by atoms with Crippen molar-refractivity contribution < 1.29 is 14.3 Å². The van der Waals surface area contributed by atoms with Gasteiger partial charge in [-0.15, -0.1) is 0 Å². The van der Waals surface area contributed by atoms with Crippen molar-refractivity contribution in [2.24, 2.45) is 0 Å². The summed E-state index contributed by atoms with van der Waals surface area (Å²) in [5, 5.41) is 3.24. The predicted octanol–water partition coefficient (Wildman–Crippen LogP) is 5.27. The number of nitrogens with one attached hydrogen (secondary N) is 1. The summed E-state index contributed by atoms with van der Waals surface area (Å²) in [5.74, 6) is 0.0972. The van der Waals surface area contributed by atoms with Crippen molar-refractivity contribution in [2.45, 2.75) is 33.7 Å². The minimum atomic E-state index is -0.330. The molecule has 3 aromatic carbocycles. The van der Waals surface area contributed by atoms with Crippen LogP contribution in [0, 0.1) is 13.8 Å². The minimum Gasteiger partial charge on any atom is -0.497 e. The monoisotopic (exact) mass is 440 g/mol. The van der Waals surface area contributed by atoms with Gasteiger partial charge in [0.05, 0.1) is 19.2 Å². The van der Waals surface area contributed by atoms with Crippen LogP contribution >= 0.6 is 0 Å². The molecule has 0 radical (unpaired) electrons. The Morgan fingerprint density at radius 1 is 0.818 bits per heavy atom. The number of aryl methyl sites for hydroxylation is 3. The maximum Gasteiger partial charge on any atom is 0.278 e. The van der Waals surface area contributed by atoms with E-state index in [1.165, 1.54) is 10.5 Å². The summed E-state index contributed by atoms with van der Waals surface area (Å²) < 4.78 is 5.21. The fourth-order valence-corrected chi connectivity index (χ4v) is 3.88. The molecule has 2 amide bonds. The first-order valence-corrected chi connectivity index (χ1v) is 11.1. The van der Waals surface area contributed by atoms with E-state index in [-0.39, 0.29) is 18.4 Å². The number of methoxy groups -OCH3 is 1. The third-order valence-electron chi connectivity index (χ3n) is 6.09. The van der Waals surface area contributed by atoms with Crippen molar-refractivity contribution in [3.8, 4) is 5.75 Å². The molecule has 0 atom stereocenters. The van der Waals surface area contributed by atoms with Gasteiger partial charge in [0.25, 0.3) is 11.8 Å². The van der Waals surface area contributed by atoms with Crippen molar-refractivity contribution in [3.05, 3.63) is 100 Å². The number of imide groups is 1. The number of carbonyl (C=O) groups excluding carboxylic acids is 2. The molecule has 1 heterocycles. The van der Waals surface area contributed by atoms with Crippen molar-refractivity contribution >= 4 is 23.1 Å². The molecule has 33 heavy (non-hydrogen) atoms. The fourth-order valence-electron chi connectivity index (χ4n) is 3.88. The number of hydrogen-bond donors (Lipinski definition) is 1. The normalized spacial score (nSPS) is 13.6. The summed E-state index contributed by atoms with van der Waals surface area (Å²) in [6.07, 6.45) is 0.934. The molecule has 5 heteroatoms. The second-order valence-electron chi connectivity index (χ2n) is 8.27. The summed E-state index contributed by atoms with van der Waals surface area (Å²) in [5.41, 5.74) is 6.48. The average Bonchev–Trinajstić information content (AvgIpc) is 3.06. The van der Waals surface area contributed by atoms with E-state index in [1.54, 1.807) is 7.11 Å². The first-order chi connectivity index (χ1) is 15.9. The molecule has 1 aliphatic heterocycles. The predicted molar refractivity (Wildman–Crippen MR) is 131 cm³/mol. The lowest BCUT2D eigenvalue weighted by Crippen LogP contribution is -2.32. The van der Waals surface area contributed by atoms with Crippen LogP contribution in [0.5, 0.6) is 5.75 Å². The number of rotatable bonds is 7. The van der Waals surface area contributed by atoms with Crippen LogP contribution in [0.25, 0.3) is 5.57 Å². The maximum atomic E-state index is 13.5. The zero-order valence-electron chi connectivity index (χ0n) is 19.4. The van der Waals surface area contributed by atoms with Gasteiger partial charge in [-0.25, -0.2) is 0 Å². The topological polar surface area (TPSA) is 58.6 Å². The molecule has 1 aliphatic rings. The lowest BCUT2D eigenvalue weighted by atomic mass is 9.99. The van der Waals surface area contributed by atoms with E-state index in [4.69, 9.17) is 4.74 Å². The maximum absolute atomic E-state index is 13.5. The van der Waals surface area contributed by atoms with Gasteiger partial charge >= 0.3 is 0 Å². The number of benzene rings is 3. The number of nitrogens with zero attached hydrogens (tertiary/aromatic N) is 1. The molecule has 4 rings (SSSR count). The summed E-state index contributed by atoms with van der Waals surface area (Å²) in [7, 11) is 1.60. The van der Waals surface area contributed by atoms with E-state index in [0.29, 0.717) is 11.3 Å². The summed E-state index contributed by atoms with van der Waals surface area (Å²) >= 11 is 0. The average molecular weight is 441 g/mol. The molecule has 5 nitrogen and oxygen atoms in total. The SMILES string of the molecule is CCc1ccc(NC2=C(c3ccc(C)c(C)c3)C(=O)N(Cc3ccc(OC)cc3)C2=O)cc1. The van der Waals surface area contributed by atoms with Crippen LogP contribution < -0.4 is 10.1 Å². The van der Waals surface area contributed by atoms with E-state index >= 15 is 0 Å². The first kappa shape index (κ1) is 22.3. The van der Waals surface area contributed by atoms with Crippen LogP contribution in [0.4, 0.5) is 5.69 Å². The van der Waals surface area contributed by atoms with Crippen LogP contribution in [0.3, 0.4) is 0 Å². The van der Waals surface area contributed by atoms with Gasteiger partial charge in [-0.1, -0.05) is 49.4 Å². The van der Waals surface area contributed by atoms with Crippen LogP contribution in [0.15, 0.2) is 72.4 Å². The van der Waals surface area contributed by atoms with Crippen molar-refractivity contribution in [1.82, 2.24) is 4.90 Å². The highest BCUT2D eigenvalue weighted by atomic mass is 16.5. The number of amides is 2. The second kappa shape index (κ2) is 9.33. The first-order valence-electron chi connectivity index (χ1n) is 11.1. The Bertz CT molecular complexity index is 1230. The molecule has 3 aromatic rings. The number of ether oxygens (including phenoxy) is 1. The lowest BCUT2D eigenvalue weighted by Gasteiger charge is -2.16. The smallest absolute Gasteiger partial charge is 0.278 e. The quantitative estimate of drug-likeness (QED) is 0.509. The van der Waals surface area contributed by atoms with Gasteiger partial charge in [-0.05, 0) is 72.4 Å². The molecule has 0 unspecified atom stereocenters. The molecule has 168 valence electrons. The van der Waals surface area contributed by atoms with Gasteiger partial charge in [0.2, 0.25) is 0 Å². The summed E-state index contributed by atoms with van der Waals surface area (Å²) in [6, 6.07) is 21.2. The second-order valence-corrected chi connectivity index (χ2v) is 8.27. The molecule has 0 saturated carbocycles. The highest BCUT2D eigenvalue weighted by Gasteiger charge is 2.39. The Hall–Kier alpha value is -3.86. The van der Waals surface area contributed by atoms with Crippen LogP contribution in [0.1, 0.15) is 34.7 Å². The van der Waals surface area contributed by atoms with Gasteiger partial charge in [0.1, 0.15) is 11.4 Å². The van der Waals surface area contributed by atoms with Gasteiger partial charge in [0, 0.05) is 5.69 Å². The highest BCUT2D eigenvalue weighted by molar-refractivity contribution is 6.36. The van der Waals surface area contributed by atoms with Crippen molar-refractivity contribution in [2.75, 3.05) is 12.4 Å². The standard InChI is InChI=1S/C28H28N2O3/c1-5-20-7-12-23(13-8-20)29-26-25(22-11-6-18(2)19(3)16-22)27(31)30(28(26)32)17-21-9-14-24(33-4)15-10-21/h6-16,29H,5,17H2,1-4H3. The fraction of sp³-hybridized carbons (Fsp3) is 0.214. The van der Waals surface area contributed by atoms with E-state index < -0.39 is 0 Å². The van der Waals surface area contributed by atoms with Crippen LogP contribution in [0.2, 0.25) is 0 Å². The summed E-state index contributed by atoms with van der Waals surface area (Å²) in [4.78, 5) is 28.3. The van der Waals surface area contributed by atoms with Crippen molar-refractivity contribution in [3.63, 3.8) is 0 Å². The van der Waals surface area contributed by atoms with E-state index in [1.807, 2.05) is 80.6 Å². The van der Waals surface area contributed by atoms with Crippen LogP contribution in [-0.2, 0) is 22.6 Å². The van der Waals surface area contributed by atoms with E-state index in [9.17, 15) is 9.59 Å².